The molecule has 0 aliphatic carbocycles. The minimum absolute atomic E-state index is 0. The van der Waals surface area contributed by atoms with Gasteiger partial charge in [0, 0.05) is 31.9 Å². The van der Waals surface area contributed by atoms with E-state index in [1.807, 2.05) is 28.8 Å². The molecular formula is C20H26IN5. The molecule has 3 aromatic rings. The molecule has 0 saturated carbocycles. The number of hydrogen-bond donors (Lipinski definition) is 2. The number of aliphatic imine (C=N–C) groups is 1. The van der Waals surface area contributed by atoms with Crippen molar-refractivity contribution in [1.29, 1.82) is 0 Å². The molecule has 0 fully saturated rings. The molecule has 0 spiro atoms. The van der Waals surface area contributed by atoms with Gasteiger partial charge in [0.15, 0.2) is 5.96 Å². The molecule has 26 heavy (non-hydrogen) atoms. The lowest BCUT2D eigenvalue weighted by Gasteiger charge is -2.10. The molecule has 0 aliphatic rings. The summed E-state index contributed by atoms with van der Waals surface area (Å²) in [5, 5.41) is 6.68. The highest BCUT2D eigenvalue weighted by Crippen LogP contribution is 2.06. The molecule has 0 amide bonds. The number of nitrogens with zero attached hydrogens (tertiary/aromatic N) is 3. The van der Waals surface area contributed by atoms with Gasteiger partial charge >= 0.3 is 0 Å². The van der Waals surface area contributed by atoms with Gasteiger partial charge in [-0.15, -0.1) is 24.0 Å². The quantitative estimate of drug-likeness (QED) is 0.334. The standard InChI is InChI=1S/C20H25N5.HI/c1-3-21-20(23-14-17-8-6-7-16(2)13-17)22-11-10-18-15-25-12-5-4-9-19(25)24-18;/h4-9,12-13,15H,3,10-11,14H2,1-2H3,(H2,21,22,23);1H. The molecule has 1 aromatic carbocycles. The molecule has 2 N–H and O–H groups in total. The Hall–Kier alpha value is -2.09. The van der Waals surface area contributed by atoms with E-state index in [2.05, 4.69) is 64.9 Å². The lowest BCUT2D eigenvalue weighted by atomic mass is 10.1. The van der Waals surface area contributed by atoms with E-state index in [1.54, 1.807) is 0 Å². The van der Waals surface area contributed by atoms with Crippen molar-refractivity contribution in [1.82, 2.24) is 20.0 Å². The van der Waals surface area contributed by atoms with Crippen molar-refractivity contribution in [3.63, 3.8) is 0 Å². The maximum absolute atomic E-state index is 4.67. The number of halogens is 1. The summed E-state index contributed by atoms with van der Waals surface area (Å²) in [6, 6.07) is 14.5. The molecule has 2 aromatic heterocycles. The van der Waals surface area contributed by atoms with Gasteiger partial charge in [-0.05, 0) is 31.5 Å². The normalized spacial score (nSPS) is 11.2. The molecule has 3 rings (SSSR count). The summed E-state index contributed by atoms with van der Waals surface area (Å²) in [5.74, 6) is 0.841. The van der Waals surface area contributed by atoms with Gasteiger partial charge in [0.1, 0.15) is 5.65 Å². The van der Waals surface area contributed by atoms with E-state index in [-0.39, 0.29) is 24.0 Å². The van der Waals surface area contributed by atoms with Crippen LogP contribution in [0.5, 0.6) is 0 Å². The van der Waals surface area contributed by atoms with Gasteiger partial charge in [0.25, 0.3) is 0 Å². The van der Waals surface area contributed by atoms with Crippen molar-refractivity contribution >= 4 is 35.6 Å². The van der Waals surface area contributed by atoms with Gasteiger partial charge in [-0.1, -0.05) is 35.9 Å². The molecule has 138 valence electrons. The number of aryl methyl sites for hydroxylation is 1. The molecule has 0 atom stereocenters. The van der Waals surface area contributed by atoms with Crippen molar-refractivity contribution in [3.05, 3.63) is 71.7 Å². The number of rotatable bonds is 6. The highest BCUT2D eigenvalue weighted by Gasteiger charge is 2.02. The van der Waals surface area contributed by atoms with E-state index >= 15 is 0 Å². The Morgan fingerprint density at radius 2 is 2.04 bits per heavy atom. The molecule has 0 unspecified atom stereocenters. The molecular weight excluding hydrogens is 437 g/mol. The van der Waals surface area contributed by atoms with E-state index in [9.17, 15) is 0 Å². The second kappa shape index (κ2) is 10.2. The van der Waals surface area contributed by atoms with Gasteiger partial charge in [0.05, 0.1) is 12.2 Å². The fourth-order valence-corrected chi connectivity index (χ4v) is 2.74. The van der Waals surface area contributed by atoms with Crippen LogP contribution in [-0.2, 0) is 13.0 Å². The summed E-state index contributed by atoms with van der Waals surface area (Å²) >= 11 is 0. The molecule has 2 heterocycles. The Morgan fingerprint density at radius 1 is 1.15 bits per heavy atom. The summed E-state index contributed by atoms with van der Waals surface area (Å²) in [4.78, 5) is 9.29. The van der Waals surface area contributed by atoms with Gasteiger partial charge in [0.2, 0.25) is 0 Å². The second-order valence-electron chi connectivity index (χ2n) is 6.06. The van der Waals surface area contributed by atoms with Crippen LogP contribution >= 0.6 is 24.0 Å². The van der Waals surface area contributed by atoms with Crippen LogP contribution in [-0.4, -0.2) is 28.4 Å². The number of pyridine rings is 1. The maximum atomic E-state index is 4.67. The van der Waals surface area contributed by atoms with Crippen molar-refractivity contribution in [2.24, 2.45) is 4.99 Å². The van der Waals surface area contributed by atoms with Crippen LogP contribution < -0.4 is 10.6 Å². The van der Waals surface area contributed by atoms with Crippen LogP contribution in [0.25, 0.3) is 5.65 Å². The number of fused-ring (bicyclic) bond motifs is 1. The van der Waals surface area contributed by atoms with Gasteiger partial charge in [-0.3, -0.25) is 0 Å². The van der Waals surface area contributed by atoms with E-state index in [4.69, 9.17) is 0 Å². The maximum Gasteiger partial charge on any atom is 0.191 e. The molecule has 0 bridgehead atoms. The van der Waals surface area contributed by atoms with Gasteiger partial charge in [-0.25, -0.2) is 9.98 Å². The third-order valence-electron chi connectivity index (χ3n) is 3.93. The number of hydrogen-bond acceptors (Lipinski definition) is 2. The van der Waals surface area contributed by atoms with E-state index in [0.717, 1.165) is 36.8 Å². The average molecular weight is 463 g/mol. The fourth-order valence-electron chi connectivity index (χ4n) is 2.74. The third-order valence-corrected chi connectivity index (χ3v) is 3.93. The SMILES string of the molecule is CCNC(=NCc1cccc(C)c1)NCCc1cn2ccccc2n1.I. The van der Waals surface area contributed by atoms with Crippen LogP contribution in [0.3, 0.4) is 0 Å². The number of benzene rings is 1. The van der Waals surface area contributed by atoms with Crippen LogP contribution in [0.1, 0.15) is 23.7 Å². The molecule has 0 radical (unpaired) electrons. The summed E-state index contributed by atoms with van der Waals surface area (Å²) in [5.41, 5.74) is 4.54. The second-order valence-corrected chi connectivity index (χ2v) is 6.06. The Balaban J connectivity index is 0.00000243. The monoisotopic (exact) mass is 463 g/mol. The zero-order valence-electron chi connectivity index (χ0n) is 15.3. The van der Waals surface area contributed by atoms with Crippen LogP contribution in [0, 0.1) is 6.92 Å². The van der Waals surface area contributed by atoms with E-state index in [1.165, 1.54) is 11.1 Å². The smallest absolute Gasteiger partial charge is 0.191 e. The minimum atomic E-state index is 0. The Bertz CT molecular complexity index is 823. The first-order valence-corrected chi connectivity index (χ1v) is 8.75. The highest BCUT2D eigenvalue weighted by molar-refractivity contribution is 14.0. The van der Waals surface area contributed by atoms with Crippen LogP contribution in [0.15, 0.2) is 59.9 Å². The minimum Gasteiger partial charge on any atom is -0.357 e. The number of nitrogens with one attached hydrogen (secondary N) is 2. The first-order chi connectivity index (χ1) is 12.2. The zero-order valence-corrected chi connectivity index (χ0v) is 17.6. The number of aromatic nitrogens is 2. The summed E-state index contributed by atoms with van der Waals surface area (Å²) in [7, 11) is 0. The Kier molecular flexibility index (Phi) is 7.90. The number of guanidine groups is 1. The molecule has 5 nitrogen and oxygen atoms in total. The Labute approximate surface area is 172 Å². The summed E-state index contributed by atoms with van der Waals surface area (Å²) in [6.07, 6.45) is 4.96. The topological polar surface area (TPSA) is 53.7 Å². The van der Waals surface area contributed by atoms with Crippen molar-refractivity contribution in [2.45, 2.75) is 26.8 Å². The van der Waals surface area contributed by atoms with E-state index in [0.29, 0.717) is 6.54 Å². The van der Waals surface area contributed by atoms with Crippen molar-refractivity contribution in [2.75, 3.05) is 13.1 Å². The first-order valence-electron chi connectivity index (χ1n) is 8.75. The predicted molar refractivity (Wildman–Crippen MR) is 118 cm³/mol. The highest BCUT2D eigenvalue weighted by atomic mass is 127. The molecule has 6 heteroatoms. The average Bonchev–Trinajstić information content (AvgIpc) is 3.02. The summed E-state index contributed by atoms with van der Waals surface area (Å²) in [6.45, 7) is 6.49. The van der Waals surface area contributed by atoms with Gasteiger partial charge in [-0.2, -0.15) is 0 Å². The predicted octanol–water partition coefficient (Wildman–Crippen LogP) is 3.56. The first kappa shape index (κ1) is 20.2. The zero-order chi connectivity index (χ0) is 17.5. The Morgan fingerprint density at radius 3 is 2.81 bits per heavy atom. The van der Waals surface area contributed by atoms with Gasteiger partial charge < -0.3 is 15.0 Å². The van der Waals surface area contributed by atoms with Crippen LogP contribution in [0.2, 0.25) is 0 Å². The fraction of sp³-hybridized carbons (Fsp3) is 0.300. The summed E-state index contributed by atoms with van der Waals surface area (Å²) < 4.78 is 2.05. The van der Waals surface area contributed by atoms with Crippen LogP contribution in [0.4, 0.5) is 0 Å². The molecule has 0 saturated heterocycles. The van der Waals surface area contributed by atoms with Crippen molar-refractivity contribution < 1.29 is 0 Å². The lowest BCUT2D eigenvalue weighted by molar-refractivity contribution is 0.791. The lowest BCUT2D eigenvalue weighted by Crippen LogP contribution is -2.38. The van der Waals surface area contributed by atoms with Crippen molar-refractivity contribution in [3.8, 4) is 0 Å². The third kappa shape index (κ3) is 5.72. The van der Waals surface area contributed by atoms with E-state index < -0.39 is 0 Å². The number of imidazole rings is 1. The largest absolute Gasteiger partial charge is 0.357 e. The molecule has 0 aliphatic heterocycles.